The number of amides is 1. The van der Waals surface area contributed by atoms with Gasteiger partial charge in [0.1, 0.15) is 11.7 Å². The van der Waals surface area contributed by atoms with E-state index in [0.717, 1.165) is 12.8 Å². The van der Waals surface area contributed by atoms with Gasteiger partial charge in [0.2, 0.25) is 0 Å². The van der Waals surface area contributed by atoms with E-state index in [1.54, 1.807) is 27.7 Å². The topological polar surface area (TPSA) is 115 Å². The Hall–Kier alpha value is -2.84. The summed E-state index contributed by atoms with van der Waals surface area (Å²) in [5.74, 6) is -2.17. The number of hydrogen-bond acceptors (Lipinski definition) is 7. The van der Waals surface area contributed by atoms with Crippen LogP contribution in [0.5, 0.6) is 0 Å². The lowest BCUT2D eigenvalue weighted by molar-refractivity contribution is -0.157. The van der Waals surface area contributed by atoms with E-state index >= 15 is 0 Å². The number of hydrogen-bond donors (Lipinski definition) is 1. The number of aryl methyl sites for hydroxylation is 1. The molecule has 2 heterocycles. The van der Waals surface area contributed by atoms with Gasteiger partial charge in [-0.25, -0.2) is 14.4 Å². The fourth-order valence-corrected chi connectivity index (χ4v) is 3.46. The lowest BCUT2D eigenvalue weighted by Crippen LogP contribution is -2.50. The van der Waals surface area contributed by atoms with E-state index < -0.39 is 36.5 Å². The van der Waals surface area contributed by atoms with Crippen LogP contribution in [0.15, 0.2) is 0 Å². The average molecular weight is 408 g/mol. The zero-order valence-electron chi connectivity index (χ0n) is 17.3. The maximum Gasteiger partial charge on any atom is 0.355 e. The van der Waals surface area contributed by atoms with Crippen molar-refractivity contribution in [1.82, 2.24) is 9.88 Å². The van der Waals surface area contributed by atoms with Crippen LogP contribution in [0.1, 0.15) is 65.2 Å². The van der Waals surface area contributed by atoms with Crippen molar-refractivity contribution >= 4 is 23.8 Å². The van der Waals surface area contributed by atoms with Crippen LogP contribution in [0.4, 0.5) is 0 Å². The molecule has 1 aromatic heterocycles. The summed E-state index contributed by atoms with van der Waals surface area (Å²) in [6.45, 7) is 7.01. The summed E-state index contributed by atoms with van der Waals surface area (Å²) >= 11 is 0. The lowest BCUT2D eigenvalue weighted by Gasteiger charge is -2.33. The number of nitrogens with zero attached hydrogens (tertiary/aromatic N) is 1. The van der Waals surface area contributed by atoms with Crippen molar-refractivity contribution in [3.63, 3.8) is 0 Å². The maximum atomic E-state index is 12.6. The molecule has 9 heteroatoms. The number of carbonyl (C=O) groups is 4. The minimum absolute atomic E-state index is 0.182. The summed E-state index contributed by atoms with van der Waals surface area (Å²) in [6.07, 6.45) is 2.12. The highest BCUT2D eigenvalue weighted by Gasteiger charge is 2.34. The van der Waals surface area contributed by atoms with Crippen molar-refractivity contribution in [2.75, 3.05) is 26.4 Å². The highest BCUT2D eigenvalue weighted by molar-refractivity contribution is 5.99. The van der Waals surface area contributed by atoms with Crippen LogP contribution in [0.2, 0.25) is 0 Å². The van der Waals surface area contributed by atoms with Gasteiger partial charge in [-0.1, -0.05) is 0 Å². The molecule has 2 rings (SSSR count). The zero-order valence-corrected chi connectivity index (χ0v) is 17.3. The molecule has 0 radical (unpaired) electrons. The second-order valence-corrected chi connectivity index (χ2v) is 6.77. The summed E-state index contributed by atoms with van der Waals surface area (Å²) in [7, 11) is 0. The summed E-state index contributed by atoms with van der Waals surface area (Å²) in [5.41, 5.74) is 1.23. The fraction of sp³-hybridized carbons (Fsp3) is 0.600. The Balaban J connectivity index is 2.05. The smallest absolute Gasteiger partial charge is 0.355 e. The molecule has 0 aromatic carbocycles. The van der Waals surface area contributed by atoms with E-state index in [9.17, 15) is 19.2 Å². The SMILES string of the molecule is CCOC(=O)c1[nH]c(C)c(C(=O)OCC(=O)N2CCCC[C@@H]2C(=O)OCC)c1C. The molecule has 1 aliphatic rings. The number of aromatic amines is 1. The molecule has 1 aromatic rings. The molecule has 0 bridgehead atoms. The number of likely N-dealkylation sites (tertiary alicyclic amines) is 1. The molecule has 0 saturated carbocycles. The first-order valence-electron chi connectivity index (χ1n) is 9.81. The molecule has 1 amide bonds. The Bertz CT molecular complexity index is 784. The van der Waals surface area contributed by atoms with Gasteiger partial charge < -0.3 is 24.1 Å². The van der Waals surface area contributed by atoms with Gasteiger partial charge in [-0.2, -0.15) is 0 Å². The maximum absolute atomic E-state index is 12.6. The standard InChI is InChI=1S/C20H28N2O7/c1-5-27-18(24)14-9-7-8-10-22(14)15(23)11-29-19(25)16-12(3)17(21-13(16)4)20(26)28-6-2/h14,21H,5-11H2,1-4H3/t14-/m1/s1. The van der Waals surface area contributed by atoms with Gasteiger partial charge in [-0.15, -0.1) is 0 Å². The van der Waals surface area contributed by atoms with Crippen molar-refractivity contribution in [3.8, 4) is 0 Å². The Morgan fingerprint density at radius 2 is 1.69 bits per heavy atom. The van der Waals surface area contributed by atoms with Gasteiger partial charge in [0.15, 0.2) is 6.61 Å². The number of nitrogens with one attached hydrogen (secondary N) is 1. The number of aromatic nitrogens is 1. The number of carbonyl (C=O) groups excluding carboxylic acids is 4. The first-order valence-corrected chi connectivity index (χ1v) is 9.81. The van der Waals surface area contributed by atoms with Crippen LogP contribution in [0.3, 0.4) is 0 Å². The zero-order chi connectivity index (χ0) is 21.6. The molecular weight excluding hydrogens is 380 g/mol. The molecule has 1 fully saturated rings. The summed E-state index contributed by atoms with van der Waals surface area (Å²) in [4.78, 5) is 53.4. The number of piperidine rings is 1. The van der Waals surface area contributed by atoms with E-state index in [1.165, 1.54) is 4.90 Å². The van der Waals surface area contributed by atoms with Gasteiger partial charge in [-0.05, 0) is 52.5 Å². The molecule has 29 heavy (non-hydrogen) atoms. The third-order valence-electron chi connectivity index (χ3n) is 4.83. The molecule has 1 aliphatic heterocycles. The Morgan fingerprint density at radius 3 is 2.34 bits per heavy atom. The highest BCUT2D eigenvalue weighted by atomic mass is 16.5. The minimum atomic E-state index is -0.718. The van der Waals surface area contributed by atoms with E-state index in [0.29, 0.717) is 24.2 Å². The minimum Gasteiger partial charge on any atom is -0.464 e. The summed E-state index contributed by atoms with van der Waals surface area (Å²) < 4.78 is 15.2. The third-order valence-corrected chi connectivity index (χ3v) is 4.83. The third kappa shape index (κ3) is 5.16. The predicted octanol–water partition coefficient (Wildman–Crippen LogP) is 1.91. The van der Waals surface area contributed by atoms with Crippen LogP contribution in [-0.2, 0) is 23.8 Å². The van der Waals surface area contributed by atoms with Crippen LogP contribution in [0, 0.1) is 13.8 Å². The molecule has 160 valence electrons. The van der Waals surface area contributed by atoms with Crippen molar-refractivity contribution in [2.24, 2.45) is 0 Å². The van der Waals surface area contributed by atoms with E-state index in [1.807, 2.05) is 0 Å². The van der Waals surface area contributed by atoms with Crippen LogP contribution in [0.25, 0.3) is 0 Å². The number of esters is 3. The monoisotopic (exact) mass is 408 g/mol. The first kappa shape index (κ1) is 22.4. The molecule has 1 saturated heterocycles. The fourth-order valence-electron chi connectivity index (χ4n) is 3.46. The van der Waals surface area contributed by atoms with E-state index in [4.69, 9.17) is 14.2 Å². The predicted molar refractivity (Wildman–Crippen MR) is 102 cm³/mol. The van der Waals surface area contributed by atoms with Gasteiger partial charge in [0, 0.05) is 12.2 Å². The number of rotatable bonds is 7. The van der Waals surface area contributed by atoms with Crippen molar-refractivity contribution in [1.29, 1.82) is 0 Å². The van der Waals surface area contributed by atoms with Gasteiger partial charge >= 0.3 is 17.9 Å². The molecule has 0 unspecified atom stereocenters. The van der Waals surface area contributed by atoms with Crippen LogP contribution < -0.4 is 0 Å². The van der Waals surface area contributed by atoms with Crippen LogP contribution >= 0.6 is 0 Å². The lowest BCUT2D eigenvalue weighted by atomic mass is 10.0. The number of ether oxygens (including phenoxy) is 3. The number of H-pyrrole nitrogens is 1. The van der Waals surface area contributed by atoms with Crippen molar-refractivity contribution < 1.29 is 33.4 Å². The molecule has 1 atom stereocenters. The van der Waals surface area contributed by atoms with E-state index in [-0.39, 0.29) is 24.5 Å². The van der Waals surface area contributed by atoms with E-state index in [2.05, 4.69) is 4.98 Å². The molecule has 9 nitrogen and oxygen atoms in total. The average Bonchev–Trinajstić information content (AvgIpc) is 3.00. The highest BCUT2D eigenvalue weighted by Crippen LogP contribution is 2.21. The second kappa shape index (κ2) is 10.1. The Morgan fingerprint density at radius 1 is 1.00 bits per heavy atom. The first-order chi connectivity index (χ1) is 13.8. The van der Waals surface area contributed by atoms with Gasteiger partial charge in [0.05, 0.1) is 18.8 Å². The molecule has 0 spiro atoms. The Labute approximate surface area is 169 Å². The normalized spacial score (nSPS) is 16.3. The van der Waals surface area contributed by atoms with Gasteiger partial charge in [0.25, 0.3) is 5.91 Å². The largest absolute Gasteiger partial charge is 0.464 e. The quantitative estimate of drug-likeness (QED) is 0.541. The molecule has 1 N–H and O–H groups in total. The van der Waals surface area contributed by atoms with Crippen molar-refractivity contribution in [3.05, 3.63) is 22.5 Å². The van der Waals surface area contributed by atoms with Crippen LogP contribution in [-0.4, -0.2) is 66.1 Å². The second-order valence-electron chi connectivity index (χ2n) is 6.77. The Kier molecular flexibility index (Phi) is 7.81. The molecule has 0 aliphatic carbocycles. The van der Waals surface area contributed by atoms with Gasteiger partial charge in [-0.3, -0.25) is 4.79 Å². The molecular formula is C20H28N2O7. The summed E-state index contributed by atoms with van der Waals surface area (Å²) in [5, 5.41) is 0. The summed E-state index contributed by atoms with van der Waals surface area (Å²) in [6, 6.07) is -0.652. The van der Waals surface area contributed by atoms with Crippen molar-refractivity contribution in [2.45, 2.75) is 53.0 Å².